The normalized spacial score (nSPS) is 12.1. The van der Waals surface area contributed by atoms with E-state index in [9.17, 15) is 21.6 Å². The molecule has 276 valence electrons. The summed E-state index contributed by atoms with van der Waals surface area (Å²) < 4.78 is 63.1. The maximum absolute atomic E-state index is 13.1. The summed E-state index contributed by atoms with van der Waals surface area (Å²) in [6.07, 6.45) is 0. The van der Waals surface area contributed by atoms with E-state index in [-0.39, 0.29) is 37.8 Å². The van der Waals surface area contributed by atoms with Crippen molar-refractivity contribution in [1.29, 1.82) is 0 Å². The summed E-state index contributed by atoms with van der Waals surface area (Å²) in [4.78, 5) is 12.8. The first-order valence-corrected chi connectivity index (χ1v) is 19.9. The van der Waals surface area contributed by atoms with Gasteiger partial charge in [-0.2, -0.15) is 16.8 Å². The second-order valence-electron chi connectivity index (χ2n) is 13.7. The summed E-state index contributed by atoms with van der Waals surface area (Å²) in [5, 5.41) is 5.30. The Kier molecular flexibility index (Phi) is 10.7. The minimum Gasteiger partial charge on any atom is -0.379 e. The van der Waals surface area contributed by atoms with Gasteiger partial charge in [0, 0.05) is 28.3 Å². The number of urea groups is 1. The third-order valence-electron chi connectivity index (χ3n) is 9.34. The fourth-order valence-corrected chi connectivity index (χ4v) is 7.83. The van der Waals surface area contributed by atoms with Gasteiger partial charge in [0.15, 0.2) is 0 Å². The highest BCUT2D eigenvalue weighted by molar-refractivity contribution is 7.87. The molecule has 54 heavy (non-hydrogen) atoms. The molecule has 0 bridgehead atoms. The molecule has 11 heteroatoms. The van der Waals surface area contributed by atoms with E-state index in [1.54, 1.807) is 36.4 Å². The van der Waals surface area contributed by atoms with Crippen LogP contribution in [0.1, 0.15) is 49.9 Å². The van der Waals surface area contributed by atoms with Gasteiger partial charge in [0.2, 0.25) is 0 Å². The lowest BCUT2D eigenvalue weighted by molar-refractivity contribution is 0.262. The molecule has 6 rings (SSSR count). The van der Waals surface area contributed by atoms with Crippen molar-refractivity contribution < 1.29 is 30.0 Å². The van der Waals surface area contributed by atoms with Crippen LogP contribution in [-0.2, 0) is 31.1 Å². The van der Waals surface area contributed by atoms with Crippen LogP contribution >= 0.6 is 0 Å². The Morgan fingerprint density at radius 1 is 0.444 bits per heavy atom. The molecule has 0 aliphatic heterocycles. The largest absolute Gasteiger partial charge is 0.379 e. The van der Waals surface area contributed by atoms with Crippen LogP contribution < -0.4 is 19.0 Å². The quantitative estimate of drug-likeness (QED) is 0.119. The van der Waals surface area contributed by atoms with Crippen molar-refractivity contribution in [2.45, 2.75) is 48.3 Å². The zero-order valence-electron chi connectivity index (χ0n) is 30.2. The van der Waals surface area contributed by atoms with E-state index in [2.05, 4.69) is 38.3 Å². The molecule has 0 heterocycles. The Morgan fingerprint density at radius 3 is 1.31 bits per heavy atom. The molecular formula is C43H40N2O7S2. The van der Waals surface area contributed by atoms with E-state index in [4.69, 9.17) is 8.37 Å². The Labute approximate surface area is 316 Å². The van der Waals surface area contributed by atoms with E-state index >= 15 is 0 Å². The van der Waals surface area contributed by atoms with Crippen LogP contribution in [0.25, 0.3) is 0 Å². The second kappa shape index (κ2) is 15.2. The lowest BCUT2D eigenvalue weighted by Crippen LogP contribution is -2.20. The van der Waals surface area contributed by atoms with Crippen LogP contribution in [0.15, 0.2) is 168 Å². The number of carbonyl (C=O) groups excluding carboxylic acids is 1. The Bertz CT molecular complexity index is 2450. The van der Waals surface area contributed by atoms with Crippen LogP contribution in [0.5, 0.6) is 11.5 Å². The molecule has 0 saturated heterocycles. The summed E-state index contributed by atoms with van der Waals surface area (Å²) in [6.45, 7) is 8.29. The summed E-state index contributed by atoms with van der Waals surface area (Å²) in [6, 6.07) is 44.3. The Balaban J connectivity index is 1.04. The minimum absolute atomic E-state index is 0.00720. The molecule has 0 atom stereocenters. The molecule has 0 spiro atoms. The second-order valence-corrected chi connectivity index (χ2v) is 16.8. The lowest BCUT2D eigenvalue weighted by Gasteiger charge is -2.26. The average Bonchev–Trinajstić information content (AvgIpc) is 3.16. The zero-order valence-corrected chi connectivity index (χ0v) is 31.8. The molecule has 0 fully saturated rings. The third-order valence-corrected chi connectivity index (χ3v) is 11.9. The topological polar surface area (TPSA) is 128 Å². The maximum Gasteiger partial charge on any atom is 0.339 e. The summed E-state index contributed by atoms with van der Waals surface area (Å²) in [5.41, 5.74) is 4.08. The molecule has 0 aliphatic carbocycles. The van der Waals surface area contributed by atoms with Gasteiger partial charge in [-0.1, -0.05) is 119 Å². The first-order valence-electron chi connectivity index (χ1n) is 17.1. The van der Waals surface area contributed by atoms with Crippen molar-refractivity contribution in [3.8, 4) is 11.5 Å². The van der Waals surface area contributed by atoms with Crippen LogP contribution in [0.4, 0.5) is 16.2 Å². The molecule has 0 radical (unpaired) electrons. The summed E-state index contributed by atoms with van der Waals surface area (Å²) in [5.74, 6) is 0.0778. The Hall–Kier alpha value is -5.91. The smallest absolute Gasteiger partial charge is 0.339 e. The first kappa shape index (κ1) is 37.8. The Morgan fingerprint density at radius 2 is 0.852 bits per heavy atom. The summed E-state index contributed by atoms with van der Waals surface area (Å²) >= 11 is 0. The van der Waals surface area contributed by atoms with E-state index < -0.39 is 26.3 Å². The number of hydrogen-bond donors (Lipinski definition) is 2. The van der Waals surface area contributed by atoms with Gasteiger partial charge in [-0.3, -0.25) is 0 Å². The van der Waals surface area contributed by atoms with Gasteiger partial charge in [0.05, 0.1) is 0 Å². The summed E-state index contributed by atoms with van der Waals surface area (Å²) in [7, 11) is -8.30. The number of amides is 2. The van der Waals surface area contributed by atoms with Crippen molar-refractivity contribution >= 4 is 37.6 Å². The zero-order chi connectivity index (χ0) is 38.6. The molecule has 6 aromatic carbocycles. The SMILES string of the molecule is CC(C)(c1ccccc1)c1ccc(S(=O)(=O)Oc2ccc(NC(=O)Nc3cccc(OS(=O)(=O)c4ccc(C(C)(C)c5ccccc5)cc4)c3)cc2)cc1. The van der Waals surface area contributed by atoms with Crippen molar-refractivity contribution in [2.75, 3.05) is 10.6 Å². The van der Waals surface area contributed by atoms with E-state index in [0.29, 0.717) is 5.69 Å². The van der Waals surface area contributed by atoms with Crippen LogP contribution in [0.2, 0.25) is 0 Å². The van der Waals surface area contributed by atoms with Gasteiger partial charge >= 0.3 is 26.3 Å². The number of anilines is 2. The highest BCUT2D eigenvalue weighted by Gasteiger charge is 2.26. The predicted octanol–water partition coefficient (Wildman–Crippen LogP) is 9.52. The standard InChI is InChI=1S/C43H40N2O7S2/c1-42(2,31-12-7-5-8-13-31)33-18-26-39(27-19-33)53(47,48)51-37-24-22-35(23-25-37)44-41(46)45-36-16-11-17-38(30-36)52-54(49,50)40-28-20-34(21-29-40)43(3,4)32-14-9-6-10-15-32/h5-30H,1-4H3,(H2,44,45,46). The average molecular weight is 761 g/mol. The third kappa shape index (κ3) is 8.65. The fraction of sp³-hybridized carbons (Fsp3) is 0.140. The van der Waals surface area contributed by atoms with Gasteiger partial charge in [0.1, 0.15) is 21.3 Å². The van der Waals surface area contributed by atoms with Crippen molar-refractivity contribution in [3.63, 3.8) is 0 Å². The number of nitrogens with one attached hydrogen (secondary N) is 2. The number of carbonyl (C=O) groups is 1. The van der Waals surface area contributed by atoms with Gasteiger partial charge in [-0.05, 0) is 82.9 Å². The molecule has 6 aromatic rings. The minimum atomic E-state index is -4.17. The predicted molar refractivity (Wildman–Crippen MR) is 211 cm³/mol. The first-order chi connectivity index (χ1) is 25.6. The van der Waals surface area contributed by atoms with Crippen molar-refractivity contribution in [2.24, 2.45) is 0 Å². The molecule has 0 aromatic heterocycles. The van der Waals surface area contributed by atoms with Crippen LogP contribution in [-0.4, -0.2) is 22.9 Å². The van der Waals surface area contributed by atoms with Gasteiger partial charge in [-0.15, -0.1) is 0 Å². The van der Waals surface area contributed by atoms with E-state index in [1.165, 1.54) is 60.7 Å². The number of hydrogen-bond acceptors (Lipinski definition) is 7. The van der Waals surface area contributed by atoms with Crippen LogP contribution in [0, 0.1) is 0 Å². The molecule has 0 unspecified atom stereocenters. The van der Waals surface area contributed by atoms with Gasteiger partial charge in [0.25, 0.3) is 0 Å². The van der Waals surface area contributed by atoms with E-state index in [0.717, 1.165) is 22.3 Å². The fourth-order valence-electron chi connectivity index (χ4n) is 5.98. The number of benzene rings is 6. The van der Waals surface area contributed by atoms with Crippen molar-refractivity contribution in [3.05, 3.63) is 180 Å². The highest BCUT2D eigenvalue weighted by atomic mass is 32.2. The van der Waals surface area contributed by atoms with E-state index in [1.807, 2.05) is 60.7 Å². The molecule has 9 nitrogen and oxygen atoms in total. The molecular weight excluding hydrogens is 721 g/mol. The van der Waals surface area contributed by atoms with Gasteiger partial charge in [-0.25, -0.2) is 4.79 Å². The molecule has 0 saturated carbocycles. The molecule has 0 aliphatic rings. The maximum atomic E-state index is 13.1. The highest BCUT2D eigenvalue weighted by Crippen LogP contribution is 2.34. The molecule has 2 N–H and O–H groups in total. The van der Waals surface area contributed by atoms with Crippen LogP contribution in [0.3, 0.4) is 0 Å². The van der Waals surface area contributed by atoms with Crippen molar-refractivity contribution in [1.82, 2.24) is 0 Å². The monoisotopic (exact) mass is 760 g/mol. The lowest BCUT2D eigenvalue weighted by atomic mass is 9.78. The number of rotatable bonds is 12. The van der Waals surface area contributed by atoms with Gasteiger partial charge < -0.3 is 19.0 Å². The molecule has 2 amide bonds.